The molecule has 2 aliphatic heterocycles. The summed E-state index contributed by atoms with van der Waals surface area (Å²) in [7, 11) is 0. The molecule has 2 heteroatoms. The summed E-state index contributed by atoms with van der Waals surface area (Å²) in [5, 5.41) is 0. The van der Waals surface area contributed by atoms with Gasteiger partial charge in [-0.2, -0.15) is 0 Å². The van der Waals surface area contributed by atoms with Crippen molar-refractivity contribution in [1.82, 2.24) is 0 Å². The molecule has 0 bridgehead atoms. The van der Waals surface area contributed by atoms with Crippen molar-refractivity contribution in [3.8, 4) is 0 Å². The Morgan fingerprint density at radius 1 is 1.15 bits per heavy atom. The minimum Gasteiger partial charge on any atom is -0.373 e. The van der Waals surface area contributed by atoms with E-state index in [4.69, 9.17) is 9.47 Å². The first-order chi connectivity index (χ1) is 6.43. The summed E-state index contributed by atoms with van der Waals surface area (Å²) < 4.78 is 10.5. The lowest BCUT2D eigenvalue weighted by molar-refractivity contribution is 0.401. The molecule has 2 nitrogen and oxygen atoms in total. The van der Waals surface area contributed by atoms with Crippen LogP contribution in [0.5, 0.6) is 0 Å². The maximum Gasteiger partial charge on any atom is 0.106 e. The molecule has 1 aromatic carbocycles. The Morgan fingerprint density at radius 2 is 1.92 bits per heavy atom. The molecule has 0 aliphatic carbocycles. The van der Waals surface area contributed by atoms with Gasteiger partial charge in [0, 0.05) is 6.42 Å². The van der Waals surface area contributed by atoms with Gasteiger partial charge in [0.15, 0.2) is 0 Å². The van der Waals surface area contributed by atoms with Gasteiger partial charge >= 0.3 is 0 Å². The topological polar surface area (TPSA) is 25.1 Å². The molecule has 0 spiro atoms. The van der Waals surface area contributed by atoms with Gasteiger partial charge in [-0.25, -0.2) is 0 Å². The average molecular weight is 176 g/mol. The molecule has 0 saturated carbocycles. The quantitative estimate of drug-likeness (QED) is 0.655. The lowest BCUT2D eigenvalue weighted by atomic mass is 10.0. The maximum atomic E-state index is 5.30. The van der Waals surface area contributed by atoms with Crippen LogP contribution in [0.4, 0.5) is 0 Å². The van der Waals surface area contributed by atoms with Gasteiger partial charge in [-0.05, 0) is 11.1 Å². The normalized spacial score (nSPS) is 30.2. The molecule has 2 saturated heterocycles. The standard InChI is InChI=1S/C11H12O2/c1-2-4-10(11-7-13-11)8(3-1)5-9-6-12-9/h1-4,9,11H,5-7H2. The van der Waals surface area contributed by atoms with Gasteiger partial charge in [-0.3, -0.25) is 0 Å². The number of ether oxygens (including phenoxy) is 2. The molecule has 1 aromatic rings. The summed E-state index contributed by atoms with van der Waals surface area (Å²) in [4.78, 5) is 0. The molecule has 2 fully saturated rings. The minimum absolute atomic E-state index is 0.370. The monoisotopic (exact) mass is 176 g/mol. The van der Waals surface area contributed by atoms with E-state index in [1.165, 1.54) is 11.1 Å². The van der Waals surface area contributed by atoms with Crippen LogP contribution in [-0.2, 0) is 15.9 Å². The van der Waals surface area contributed by atoms with Crippen LogP contribution in [0.2, 0.25) is 0 Å². The Bertz CT molecular complexity index is 314. The average Bonchev–Trinajstić information content (AvgIpc) is 3.00. The van der Waals surface area contributed by atoms with Crippen molar-refractivity contribution < 1.29 is 9.47 Å². The molecule has 2 atom stereocenters. The zero-order valence-corrected chi connectivity index (χ0v) is 7.40. The van der Waals surface area contributed by atoms with Gasteiger partial charge in [-0.15, -0.1) is 0 Å². The molecule has 68 valence electrons. The summed E-state index contributed by atoms with van der Waals surface area (Å²) in [6.07, 6.45) is 1.89. The van der Waals surface area contributed by atoms with Gasteiger partial charge < -0.3 is 9.47 Å². The third kappa shape index (κ3) is 1.60. The SMILES string of the molecule is c1ccc(C2CO2)c(CC2CO2)c1. The minimum atomic E-state index is 0.370. The summed E-state index contributed by atoms with van der Waals surface area (Å²) >= 11 is 0. The molecule has 0 radical (unpaired) electrons. The van der Waals surface area contributed by atoms with E-state index in [1.807, 2.05) is 0 Å². The Kier molecular flexibility index (Phi) is 1.64. The van der Waals surface area contributed by atoms with Crippen molar-refractivity contribution >= 4 is 0 Å². The van der Waals surface area contributed by atoms with Crippen LogP contribution in [0.3, 0.4) is 0 Å². The Balaban J connectivity index is 1.86. The van der Waals surface area contributed by atoms with E-state index in [2.05, 4.69) is 24.3 Å². The molecule has 2 unspecified atom stereocenters. The van der Waals surface area contributed by atoms with Crippen LogP contribution in [0, 0.1) is 0 Å². The van der Waals surface area contributed by atoms with Crippen LogP contribution < -0.4 is 0 Å². The first-order valence-electron chi connectivity index (χ1n) is 4.74. The lowest BCUT2D eigenvalue weighted by Crippen LogP contribution is -1.97. The highest BCUT2D eigenvalue weighted by Crippen LogP contribution is 2.33. The van der Waals surface area contributed by atoms with Crippen molar-refractivity contribution in [2.24, 2.45) is 0 Å². The number of epoxide rings is 2. The second kappa shape index (κ2) is 2.82. The molecule has 0 aromatic heterocycles. The number of rotatable bonds is 3. The van der Waals surface area contributed by atoms with E-state index in [1.54, 1.807) is 0 Å². The molecule has 0 amide bonds. The third-order valence-electron chi connectivity index (χ3n) is 2.59. The summed E-state index contributed by atoms with van der Waals surface area (Å²) in [5.41, 5.74) is 2.76. The third-order valence-corrected chi connectivity index (χ3v) is 2.59. The molecule has 2 heterocycles. The van der Waals surface area contributed by atoms with Crippen LogP contribution in [-0.4, -0.2) is 19.3 Å². The Hall–Kier alpha value is -0.860. The first-order valence-corrected chi connectivity index (χ1v) is 4.74. The van der Waals surface area contributed by atoms with Gasteiger partial charge in [-0.1, -0.05) is 24.3 Å². The highest BCUT2D eigenvalue weighted by molar-refractivity contribution is 5.32. The van der Waals surface area contributed by atoms with E-state index in [0.29, 0.717) is 12.2 Å². The Morgan fingerprint density at radius 3 is 2.62 bits per heavy atom. The largest absolute Gasteiger partial charge is 0.373 e. The van der Waals surface area contributed by atoms with Crippen molar-refractivity contribution in [3.63, 3.8) is 0 Å². The lowest BCUT2D eigenvalue weighted by Gasteiger charge is -2.04. The molecule has 0 N–H and O–H groups in total. The number of hydrogen-bond acceptors (Lipinski definition) is 2. The van der Waals surface area contributed by atoms with E-state index in [9.17, 15) is 0 Å². The van der Waals surface area contributed by atoms with Crippen LogP contribution in [0.25, 0.3) is 0 Å². The summed E-state index contributed by atoms with van der Waals surface area (Å²) in [6, 6.07) is 8.51. The molecule has 13 heavy (non-hydrogen) atoms. The fourth-order valence-electron chi connectivity index (χ4n) is 1.69. The van der Waals surface area contributed by atoms with Gasteiger partial charge in [0.25, 0.3) is 0 Å². The maximum absolute atomic E-state index is 5.30. The number of hydrogen-bond donors (Lipinski definition) is 0. The van der Waals surface area contributed by atoms with E-state index in [0.717, 1.165) is 19.6 Å². The Labute approximate surface area is 77.5 Å². The van der Waals surface area contributed by atoms with E-state index < -0.39 is 0 Å². The highest BCUT2D eigenvalue weighted by atomic mass is 16.6. The zero-order valence-electron chi connectivity index (χ0n) is 7.40. The molecule has 3 rings (SSSR count). The van der Waals surface area contributed by atoms with Crippen LogP contribution in [0.1, 0.15) is 17.2 Å². The predicted molar refractivity (Wildman–Crippen MR) is 48.6 cm³/mol. The van der Waals surface area contributed by atoms with Crippen molar-refractivity contribution in [2.45, 2.75) is 18.6 Å². The number of benzene rings is 1. The summed E-state index contributed by atoms with van der Waals surface area (Å²) in [6.45, 7) is 1.82. The second-order valence-electron chi connectivity index (χ2n) is 3.68. The van der Waals surface area contributed by atoms with Crippen LogP contribution >= 0.6 is 0 Å². The summed E-state index contributed by atoms with van der Waals surface area (Å²) in [5.74, 6) is 0. The smallest absolute Gasteiger partial charge is 0.106 e. The molecular weight excluding hydrogens is 164 g/mol. The van der Waals surface area contributed by atoms with Crippen LogP contribution in [0.15, 0.2) is 24.3 Å². The van der Waals surface area contributed by atoms with E-state index in [-0.39, 0.29) is 0 Å². The molecule has 2 aliphatic rings. The second-order valence-corrected chi connectivity index (χ2v) is 3.68. The van der Waals surface area contributed by atoms with Gasteiger partial charge in [0.2, 0.25) is 0 Å². The predicted octanol–water partition coefficient (Wildman–Crippen LogP) is 1.70. The van der Waals surface area contributed by atoms with Gasteiger partial charge in [0.1, 0.15) is 6.10 Å². The highest BCUT2D eigenvalue weighted by Gasteiger charge is 2.30. The van der Waals surface area contributed by atoms with Gasteiger partial charge in [0.05, 0.1) is 19.3 Å². The molecular formula is C11H12O2. The van der Waals surface area contributed by atoms with Crippen molar-refractivity contribution in [2.75, 3.05) is 13.2 Å². The van der Waals surface area contributed by atoms with E-state index >= 15 is 0 Å². The fourth-order valence-corrected chi connectivity index (χ4v) is 1.69. The first kappa shape index (κ1) is 7.54. The van der Waals surface area contributed by atoms with Crippen molar-refractivity contribution in [1.29, 1.82) is 0 Å². The van der Waals surface area contributed by atoms with Crippen molar-refractivity contribution in [3.05, 3.63) is 35.4 Å². The fraction of sp³-hybridized carbons (Fsp3) is 0.455. The zero-order chi connectivity index (χ0) is 8.67.